The smallest absolute Gasteiger partial charge is 0.0326 e. The van der Waals surface area contributed by atoms with Crippen molar-refractivity contribution >= 4 is 0 Å². The molecule has 1 heterocycles. The molecule has 0 aliphatic carbocycles. The van der Waals surface area contributed by atoms with E-state index in [-0.39, 0.29) is 24.2 Å². The van der Waals surface area contributed by atoms with E-state index >= 15 is 0 Å². The molecule has 1 aliphatic rings. The Morgan fingerprint density at radius 3 is 0.544 bits per heavy atom. The topological polar surface area (TPSA) is 13.0 Å². The number of fused-ring (bicyclic) bond motifs is 8. The lowest BCUT2D eigenvalue weighted by molar-refractivity contribution is 0.185. The summed E-state index contributed by atoms with van der Waals surface area (Å²) in [5.41, 5.74) is 16.0. The summed E-state index contributed by atoms with van der Waals surface area (Å²) in [6, 6.07) is 82.5. The molecule has 0 saturated carbocycles. The summed E-state index contributed by atoms with van der Waals surface area (Å²) in [6.45, 7) is 16.2. The largest absolute Gasteiger partial charge is 0.288 e. The van der Waals surface area contributed by atoms with Gasteiger partial charge in [0.25, 0.3) is 0 Å². The molecule has 0 amide bonds. The van der Waals surface area contributed by atoms with E-state index in [1.165, 1.54) is 66.8 Å². The molecule has 9 rings (SSSR count). The van der Waals surface area contributed by atoms with E-state index in [0.29, 0.717) is 0 Å². The SMILES string of the molecule is C[C@@H](c1ccccc1)N1Cc2cccc(c2)CN([C@@H](C)c2ccccc2)Cc2cccc(c2)CN([C@@H](C)c2ccccc2)Cc2cccc(c2)CN([C@@H](C)c2ccccc2)Cc2cccc(c2)C1. The zero-order chi connectivity index (χ0) is 46.7. The van der Waals surface area contributed by atoms with Gasteiger partial charge in [0.1, 0.15) is 0 Å². The maximum absolute atomic E-state index is 2.65. The van der Waals surface area contributed by atoms with Gasteiger partial charge < -0.3 is 0 Å². The zero-order valence-electron chi connectivity index (χ0n) is 40.5. The molecule has 4 heteroatoms. The van der Waals surface area contributed by atoms with Gasteiger partial charge in [-0.05, 0) is 94.5 Å². The van der Waals surface area contributed by atoms with Crippen LogP contribution in [0.5, 0.6) is 0 Å². The van der Waals surface area contributed by atoms with Crippen molar-refractivity contribution in [1.82, 2.24) is 19.6 Å². The Morgan fingerprint density at radius 2 is 0.382 bits per heavy atom. The summed E-state index contributed by atoms with van der Waals surface area (Å²) in [6.07, 6.45) is 0. The summed E-state index contributed by atoms with van der Waals surface area (Å²) < 4.78 is 0. The molecule has 0 aromatic heterocycles. The summed E-state index contributed by atoms with van der Waals surface area (Å²) in [7, 11) is 0. The summed E-state index contributed by atoms with van der Waals surface area (Å²) in [5.74, 6) is 0. The highest BCUT2D eigenvalue weighted by molar-refractivity contribution is 5.32. The minimum Gasteiger partial charge on any atom is -0.288 e. The molecule has 0 saturated heterocycles. The normalized spacial score (nSPS) is 16.8. The molecule has 0 spiro atoms. The lowest BCUT2D eigenvalue weighted by Crippen LogP contribution is -2.28. The average molecular weight is 893 g/mol. The third-order valence-electron chi connectivity index (χ3n) is 14.4. The summed E-state index contributed by atoms with van der Waals surface area (Å²) in [5, 5.41) is 0. The van der Waals surface area contributed by atoms with Gasteiger partial charge in [0.2, 0.25) is 0 Å². The van der Waals surface area contributed by atoms with Gasteiger partial charge in [-0.25, -0.2) is 0 Å². The minimum atomic E-state index is 0.220. The Bertz CT molecular complexity index is 2320. The van der Waals surface area contributed by atoms with Gasteiger partial charge >= 0.3 is 0 Å². The Labute approximate surface area is 407 Å². The van der Waals surface area contributed by atoms with E-state index in [1.807, 2.05) is 0 Å². The molecule has 68 heavy (non-hydrogen) atoms. The van der Waals surface area contributed by atoms with Crippen LogP contribution in [0.3, 0.4) is 0 Å². The third-order valence-corrected chi connectivity index (χ3v) is 14.4. The van der Waals surface area contributed by atoms with Crippen LogP contribution < -0.4 is 0 Å². The lowest BCUT2D eigenvalue weighted by atomic mass is 10.0. The van der Waals surface area contributed by atoms with Gasteiger partial charge in [-0.15, -0.1) is 0 Å². The second kappa shape index (κ2) is 22.6. The van der Waals surface area contributed by atoms with Crippen molar-refractivity contribution in [3.8, 4) is 0 Å². The monoisotopic (exact) mass is 893 g/mol. The van der Waals surface area contributed by atoms with Crippen LogP contribution in [0.4, 0.5) is 0 Å². The molecule has 8 aromatic carbocycles. The van der Waals surface area contributed by atoms with Crippen LogP contribution in [-0.4, -0.2) is 19.6 Å². The van der Waals surface area contributed by atoms with E-state index in [4.69, 9.17) is 0 Å². The van der Waals surface area contributed by atoms with Crippen LogP contribution >= 0.6 is 0 Å². The predicted molar refractivity (Wildman–Crippen MR) is 282 cm³/mol. The Kier molecular flexibility index (Phi) is 15.5. The van der Waals surface area contributed by atoms with E-state index in [1.54, 1.807) is 0 Å². The fourth-order valence-corrected chi connectivity index (χ4v) is 10.3. The molecular weight excluding hydrogens is 825 g/mol. The van der Waals surface area contributed by atoms with Crippen LogP contribution in [0.1, 0.15) is 119 Å². The quantitative estimate of drug-likeness (QED) is 0.151. The molecule has 8 bridgehead atoms. The van der Waals surface area contributed by atoms with E-state index in [0.717, 1.165) is 52.4 Å². The van der Waals surface area contributed by atoms with Gasteiger partial charge in [-0.3, -0.25) is 19.6 Å². The first-order valence-electron chi connectivity index (χ1n) is 24.8. The highest BCUT2D eigenvalue weighted by Gasteiger charge is 2.23. The van der Waals surface area contributed by atoms with Crippen molar-refractivity contribution in [2.75, 3.05) is 0 Å². The Balaban J connectivity index is 1.12. The first kappa shape index (κ1) is 46.7. The number of hydrogen-bond acceptors (Lipinski definition) is 4. The van der Waals surface area contributed by atoms with Gasteiger partial charge in [0.05, 0.1) is 0 Å². The molecule has 0 fully saturated rings. The molecular formula is C64H68N4. The van der Waals surface area contributed by atoms with Crippen LogP contribution in [0, 0.1) is 0 Å². The highest BCUT2D eigenvalue weighted by Crippen LogP contribution is 2.31. The molecule has 0 N–H and O–H groups in total. The molecule has 8 aromatic rings. The highest BCUT2D eigenvalue weighted by atomic mass is 15.2. The second-order valence-electron chi connectivity index (χ2n) is 19.2. The van der Waals surface area contributed by atoms with Crippen LogP contribution in [0.2, 0.25) is 0 Å². The van der Waals surface area contributed by atoms with Crippen molar-refractivity contribution in [3.05, 3.63) is 285 Å². The van der Waals surface area contributed by atoms with Crippen molar-refractivity contribution < 1.29 is 0 Å². The van der Waals surface area contributed by atoms with Crippen molar-refractivity contribution in [2.24, 2.45) is 0 Å². The van der Waals surface area contributed by atoms with E-state index in [2.05, 4.69) is 266 Å². The van der Waals surface area contributed by atoms with Gasteiger partial charge in [-0.2, -0.15) is 0 Å². The molecule has 4 nitrogen and oxygen atoms in total. The van der Waals surface area contributed by atoms with Gasteiger partial charge in [0, 0.05) is 76.5 Å². The van der Waals surface area contributed by atoms with Crippen LogP contribution in [-0.2, 0) is 52.4 Å². The third kappa shape index (κ3) is 12.2. The van der Waals surface area contributed by atoms with Crippen molar-refractivity contribution in [2.45, 2.75) is 104 Å². The van der Waals surface area contributed by atoms with Gasteiger partial charge in [0.15, 0.2) is 0 Å². The van der Waals surface area contributed by atoms with Crippen LogP contribution in [0.25, 0.3) is 0 Å². The maximum Gasteiger partial charge on any atom is 0.0326 e. The van der Waals surface area contributed by atoms with Crippen molar-refractivity contribution in [1.29, 1.82) is 0 Å². The summed E-state index contributed by atoms with van der Waals surface area (Å²) in [4.78, 5) is 10.6. The van der Waals surface area contributed by atoms with E-state index in [9.17, 15) is 0 Å². The lowest BCUT2D eigenvalue weighted by Gasteiger charge is -2.32. The van der Waals surface area contributed by atoms with E-state index < -0.39 is 0 Å². The Hall–Kier alpha value is -6.40. The fourth-order valence-electron chi connectivity index (χ4n) is 10.3. The molecule has 344 valence electrons. The second-order valence-corrected chi connectivity index (χ2v) is 19.2. The molecule has 4 atom stereocenters. The molecule has 0 unspecified atom stereocenters. The fraction of sp³-hybridized carbons (Fsp3) is 0.250. The average Bonchev–Trinajstić information content (AvgIpc) is 3.38. The maximum atomic E-state index is 2.65. The first-order valence-corrected chi connectivity index (χ1v) is 24.8. The number of nitrogens with zero attached hydrogens (tertiary/aromatic N) is 4. The number of rotatable bonds is 8. The standard InChI is InChI=1S/C64H68N4/c1-49(61-29-9-5-10-30-61)65-41-53-21-17-23-55(37-53)43-66(50(2)62-31-11-6-12-32-62)45-57-25-19-27-59(39-57)47-68(52(4)64-35-15-8-16-36-64)48-60-28-20-26-58(40-60)46-67(51(3)63-33-13-7-14-34-63)44-56-24-18-22-54(38-56)42-65/h5-40,49-52H,41-48H2,1-4H3/t49-,50-,51-,52-/m0/s1. The zero-order valence-corrected chi connectivity index (χ0v) is 40.5. The molecule has 1 aliphatic heterocycles. The van der Waals surface area contributed by atoms with Gasteiger partial charge in [-0.1, -0.05) is 218 Å². The predicted octanol–water partition coefficient (Wildman–Crippen LogP) is 15.1. The molecule has 0 radical (unpaired) electrons. The summed E-state index contributed by atoms with van der Waals surface area (Å²) >= 11 is 0. The van der Waals surface area contributed by atoms with Crippen molar-refractivity contribution in [3.63, 3.8) is 0 Å². The Morgan fingerprint density at radius 1 is 0.221 bits per heavy atom. The minimum absolute atomic E-state index is 0.220. The first-order chi connectivity index (χ1) is 33.3. The number of hydrogen-bond donors (Lipinski definition) is 0. The van der Waals surface area contributed by atoms with Crippen LogP contribution in [0.15, 0.2) is 218 Å². The number of benzene rings is 8.